The average Bonchev–Trinajstić information content (AvgIpc) is 2.18. The fourth-order valence-electron chi connectivity index (χ4n) is 1.12. The Balaban J connectivity index is 2.99. The molecule has 0 amide bonds. The van der Waals surface area contributed by atoms with E-state index in [2.05, 4.69) is 15.9 Å². The summed E-state index contributed by atoms with van der Waals surface area (Å²) in [5, 5.41) is 0.953. The van der Waals surface area contributed by atoms with Crippen LogP contribution in [0.25, 0.3) is 0 Å². The van der Waals surface area contributed by atoms with Crippen molar-refractivity contribution in [1.29, 1.82) is 0 Å². The summed E-state index contributed by atoms with van der Waals surface area (Å²) >= 11 is 8.89. The summed E-state index contributed by atoms with van der Waals surface area (Å²) in [6.45, 7) is 1.83. The van der Waals surface area contributed by atoms with E-state index in [0.29, 0.717) is 22.3 Å². The maximum Gasteiger partial charge on any atom is 0.145 e. The maximum absolute atomic E-state index is 14.0. The van der Waals surface area contributed by atoms with Crippen molar-refractivity contribution in [2.24, 2.45) is 0 Å². The first-order chi connectivity index (χ1) is 6.12. The molecular weight excluding hydrogens is 254 g/mol. The first kappa shape index (κ1) is 11.0. The van der Waals surface area contributed by atoms with Gasteiger partial charge >= 0.3 is 0 Å². The molecule has 0 aliphatic rings. The maximum atomic E-state index is 14.0. The summed E-state index contributed by atoms with van der Waals surface area (Å²) in [4.78, 5) is 0. The van der Waals surface area contributed by atoms with E-state index < -0.39 is 5.67 Å². The second kappa shape index (κ2) is 4.43. The predicted octanol–water partition coefficient (Wildman–Crippen LogP) is 4.31. The lowest BCUT2D eigenvalue weighted by Gasteiger charge is -2.21. The minimum atomic E-state index is -1.27. The van der Waals surface area contributed by atoms with Crippen LogP contribution in [0.1, 0.15) is 18.9 Å². The lowest BCUT2D eigenvalue weighted by molar-refractivity contribution is 0.194. The van der Waals surface area contributed by atoms with Crippen molar-refractivity contribution >= 4 is 27.5 Å². The van der Waals surface area contributed by atoms with E-state index >= 15 is 0 Å². The Labute approximate surface area is 91.2 Å². The highest BCUT2D eigenvalue weighted by molar-refractivity contribution is 9.09. The Morgan fingerprint density at radius 2 is 1.92 bits per heavy atom. The van der Waals surface area contributed by atoms with Crippen LogP contribution in [0, 0.1) is 0 Å². The van der Waals surface area contributed by atoms with Crippen LogP contribution >= 0.6 is 27.5 Å². The van der Waals surface area contributed by atoms with Gasteiger partial charge in [-0.1, -0.05) is 46.6 Å². The van der Waals surface area contributed by atoms with E-state index in [4.69, 9.17) is 11.6 Å². The molecule has 72 valence electrons. The Kier molecular flexibility index (Phi) is 3.74. The molecule has 0 aromatic heterocycles. The van der Waals surface area contributed by atoms with E-state index in [1.54, 1.807) is 24.3 Å². The molecule has 1 aromatic carbocycles. The third-order valence-corrected chi connectivity index (χ3v) is 3.27. The van der Waals surface area contributed by atoms with Gasteiger partial charge in [0.25, 0.3) is 0 Å². The topological polar surface area (TPSA) is 0 Å². The molecule has 0 heterocycles. The summed E-state index contributed by atoms with van der Waals surface area (Å²) in [6, 6.07) is 6.88. The van der Waals surface area contributed by atoms with Gasteiger partial charge in [0.05, 0.1) is 0 Å². The van der Waals surface area contributed by atoms with Gasteiger partial charge in [-0.2, -0.15) is 0 Å². The lowest BCUT2D eigenvalue weighted by atomic mass is 9.95. The molecule has 3 heteroatoms. The van der Waals surface area contributed by atoms with Crippen molar-refractivity contribution < 1.29 is 4.39 Å². The normalized spacial score (nSPS) is 15.4. The van der Waals surface area contributed by atoms with Crippen LogP contribution in [0.5, 0.6) is 0 Å². The summed E-state index contributed by atoms with van der Waals surface area (Å²) in [5.41, 5.74) is -0.596. The van der Waals surface area contributed by atoms with E-state index in [1.807, 2.05) is 6.92 Å². The van der Waals surface area contributed by atoms with Gasteiger partial charge in [-0.15, -0.1) is 0 Å². The van der Waals surface area contributed by atoms with Crippen molar-refractivity contribution in [2.45, 2.75) is 19.0 Å². The quantitative estimate of drug-likeness (QED) is 0.715. The van der Waals surface area contributed by atoms with Gasteiger partial charge in [0.15, 0.2) is 0 Å². The molecule has 0 nitrogen and oxygen atoms in total. The summed E-state index contributed by atoms with van der Waals surface area (Å²) in [6.07, 6.45) is 0.458. The molecule has 13 heavy (non-hydrogen) atoms. The van der Waals surface area contributed by atoms with Crippen LogP contribution in [-0.4, -0.2) is 5.33 Å². The van der Waals surface area contributed by atoms with Gasteiger partial charge in [-0.3, -0.25) is 0 Å². The minimum absolute atomic E-state index is 0.318. The zero-order chi connectivity index (χ0) is 9.90. The number of benzene rings is 1. The molecule has 0 N–H and O–H groups in total. The molecule has 0 saturated carbocycles. The van der Waals surface area contributed by atoms with E-state index in [9.17, 15) is 4.39 Å². The van der Waals surface area contributed by atoms with Gasteiger partial charge < -0.3 is 0 Å². The molecule has 1 aromatic rings. The molecule has 1 atom stereocenters. The molecule has 0 aliphatic heterocycles. The first-order valence-corrected chi connectivity index (χ1v) is 5.63. The van der Waals surface area contributed by atoms with Gasteiger partial charge in [0, 0.05) is 10.4 Å². The summed E-state index contributed by atoms with van der Waals surface area (Å²) < 4.78 is 14.0. The molecule has 0 aliphatic carbocycles. The van der Waals surface area contributed by atoms with Crippen molar-refractivity contribution in [1.82, 2.24) is 0 Å². The Morgan fingerprint density at radius 1 is 1.38 bits per heavy atom. The number of hydrogen-bond acceptors (Lipinski definition) is 0. The lowest BCUT2D eigenvalue weighted by Crippen LogP contribution is -2.20. The smallest absolute Gasteiger partial charge is 0.145 e. The van der Waals surface area contributed by atoms with Crippen molar-refractivity contribution in [3.8, 4) is 0 Å². The zero-order valence-electron chi connectivity index (χ0n) is 7.36. The van der Waals surface area contributed by atoms with Gasteiger partial charge in [-0.25, -0.2) is 4.39 Å². The average molecular weight is 266 g/mol. The van der Waals surface area contributed by atoms with Crippen LogP contribution in [-0.2, 0) is 5.67 Å². The van der Waals surface area contributed by atoms with E-state index in [-0.39, 0.29) is 0 Å². The highest BCUT2D eigenvalue weighted by Gasteiger charge is 2.28. The Morgan fingerprint density at radius 3 is 2.31 bits per heavy atom. The zero-order valence-corrected chi connectivity index (χ0v) is 9.70. The molecular formula is C10H11BrClF. The Bertz CT molecular complexity index is 267. The van der Waals surface area contributed by atoms with Crippen LogP contribution < -0.4 is 0 Å². The van der Waals surface area contributed by atoms with Crippen LogP contribution in [0.15, 0.2) is 24.3 Å². The molecule has 0 saturated heterocycles. The molecule has 1 unspecified atom stereocenters. The van der Waals surface area contributed by atoms with Crippen LogP contribution in [0.3, 0.4) is 0 Å². The second-order valence-electron chi connectivity index (χ2n) is 2.96. The van der Waals surface area contributed by atoms with Crippen LogP contribution in [0.4, 0.5) is 4.39 Å². The highest BCUT2D eigenvalue weighted by Crippen LogP contribution is 2.32. The molecule has 0 bridgehead atoms. The number of alkyl halides is 2. The van der Waals surface area contributed by atoms with Gasteiger partial charge in [0.2, 0.25) is 0 Å². The van der Waals surface area contributed by atoms with Gasteiger partial charge in [-0.05, 0) is 24.1 Å². The standard InChI is InChI=1S/C10H11BrClF/c1-2-10(13,7-11)8-3-5-9(12)6-4-8/h3-6H,2,7H2,1H3. The fourth-order valence-corrected chi connectivity index (χ4v) is 1.97. The molecule has 0 spiro atoms. The SMILES string of the molecule is CCC(F)(CBr)c1ccc(Cl)cc1. The van der Waals surface area contributed by atoms with Crippen LogP contribution in [0.2, 0.25) is 5.02 Å². The van der Waals surface area contributed by atoms with Gasteiger partial charge in [0.1, 0.15) is 5.67 Å². The molecule has 0 radical (unpaired) electrons. The molecule has 0 fully saturated rings. The van der Waals surface area contributed by atoms with E-state index in [1.165, 1.54) is 0 Å². The third-order valence-electron chi connectivity index (χ3n) is 2.13. The fraction of sp³-hybridized carbons (Fsp3) is 0.400. The van der Waals surface area contributed by atoms with Crippen molar-refractivity contribution in [3.63, 3.8) is 0 Å². The molecule has 1 rings (SSSR count). The van der Waals surface area contributed by atoms with E-state index in [0.717, 1.165) is 0 Å². The summed E-state index contributed by atoms with van der Waals surface area (Å²) in [5.74, 6) is 0. The monoisotopic (exact) mass is 264 g/mol. The Hall–Kier alpha value is -0.0800. The number of rotatable bonds is 3. The largest absolute Gasteiger partial charge is 0.238 e. The third kappa shape index (κ3) is 2.44. The highest BCUT2D eigenvalue weighted by atomic mass is 79.9. The minimum Gasteiger partial charge on any atom is -0.238 e. The summed E-state index contributed by atoms with van der Waals surface area (Å²) in [7, 11) is 0. The number of hydrogen-bond donors (Lipinski definition) is 0. The number of halogens is 3. The van der Waals surface area contributed by atoms with Crippen molar-refractivity contribution in [2.75, 3.05) is 5.33 Å². The first-order valence-electron chi connectivity index (χ1n) is 4.13. The van der Waals surface area contributed by atoms with Crippen molar-refractivity contribution in [3.05, 3.63) is 34.9 Å². The predicted molar refractivity (Wildman–Crippen MR) is 58.3 cm³/mol. The second-order valence-corrected chi connectivity index (χ2v) is 3.96.